The lowest BCUT2D eigenvalue weighted by atomic mass is 10.1. The first kappa shape index (κ1) is 15.5. The van der Waals surface area contributed by atoms with Gasteiger partial charge in [0.15, 0.2) is 16.8 Å². The molecular weight excluding hydrogens is 322 g/mol. The number of hydrogen-bond donors (Lipinski definition) is 2. The third kappa shape index (κ3) is 2.89. The molecule has 0 aliphatic heterocycles. The number of fused-ring (bicyclic) bond motifs is 1. The summed E-state index contributed by atoms with van der Waals surface area (Å²) in [5, 5.41) is 14.5. The molecule has 2 aromatic heterocycles. The van der Waals surface area contributed by atoms with Crippen molar-refractivity contribution >= 4 is 26.7 Å². The largest absolute Gasteiger partial charge is 0.396 e. The predicted molar refractivity (Wildman–Crippen MR) is 96.0 cm³/mol. The molecule has 0 amide bonds. The van der Waals surface area contributed by atoms with E-state index < -0.39 is 0 Å². The van der Waals surface area contributed by atoms with Gasteiger partial charge in [0.2, 0.25) is 0 Å². The predicted octanol–water partition coefficient (Wildman–Crippen LogP) is 3.18. The van der Waals surface area contributed by atoms with E-state index in [-0.39, 0.29) is 6.61 Å². The standard InChI is InChI=1S/C17H21N5OS/c18-17-19-13-10-12(6-7-14(13)24-17)16-20-15(11-4-1-2-5-11)21-22(16)8-3-9-23/h6-7,10-11,23H,1-5,8-9H2,(H2,18,19). The fraction of sp³-hybridized carbons (Fsp3) is 0.471. The van der Waals surface area contributed by atoms with Gasteiger partial charge in [-0.15, -0.1) is 0 Å². The maximum absolute atomic E-state index is 9.17. The Bertz CT molecular complexity index is 850. The zero-order valence-corrected chi connectivity index (χ0v) is 14.3. The Labute approximate surface area is 144 Å². The van der Waals surface area contributed by atoms with Gasteiger partial charge < -0.3 is 10.8 Å². The first-order chi connectivity index (χ1) is 11.7. The molecule has 0 radical (unpaired) electrons. The minimum atomic E-state index is 0.152. The Kier molecular flexibility index (Phi) is 4.20. The highest BCUT2D eigenvalue weighted by Crippen LogP contribution is 2.34. The van der Waals surface area contributed by atoms with Crippen molar-refractivity contribution in [3.05, 3.63) is 24.0 Å². The molecule has 126 valence electrons. The molecule has 0 saturated heterocycles. The fourth-order valence-corrected chi connectivity index (χ4v) is 4.11. The number of anilines is 1. The lowest BCUT2D eigenvalue weighted by Gasteiger charge is -2.04. The van der Waals surface area contributed by atoms with Crippen LogP contribution in [0.4, 0.5) is 5.13 Å². The molecular formula is C17H21N5OS. The smallest absolute Gasteiger partial charge is 0.181 e. The molecule has 1 fully saturated rings. The Hall–Kier alpha value is -1.99. The zero-order chi connectivity index (χ0) is 16.5. The molecule has 3 aromatic rings. The summed E-state index contributed by atoms with van der Waals surface area (Å²) in [5.41, 5.74) is 7.71. The topological polar surface area (TPSA) is 89.9 Å². The van der Waals surface area contributed by atoms with Crippen molar-refractivity contribution in [3.8, 4) is 11.4 Å². The van der Waals surface area contributed by atoms with Crippen LogP contribution in [0, 0.1) is 0 Å². The molecule has 2 heterocycles. The van der Waals surface area contributed by atoms with Gasteiger partial charge in [-0.25, -0.2) is 14.6 Å². The van der Waals surface area contributed by atoms with Gasteiger partial charge >= 0.3 is 0 Å². The van der Waals surface area contributed by atoms with Crippen molar-refractivity contribution in [3.63, 3.8) is 0 Å². The second kappa shape index (κ2) is 6.49. The molecule has 1 saturated carbocycles. The van der Waals surface area contributed by atoms with Crippen molar-refractivity contribution in [2.45, 2.75) is 44.6 Å². The number of aryl methyl sites for hydroxylation is 1. The second-order valence-electron chi connectivity index (χ2n) is 6.31. The van der Waals surface area contributed by atoms with Crippen LogP contribution in [0.15, 0.2) is 18.2 Å². The van der Waals surface area contributed by atoms with Gasteiger partial charge in [-0.05, 0) is 37.5 Å². The number of nitrogens with zero attached hydrogens (tertiary/aromatic N) is 4. The third-order valence-electron chi connectivity index (χ3n) is 4.60. The van der Waals surface area contributed by atoms with E-state index in [0.717, 1.165) is 27.4 Å². The molecule has 1 aromatic carbocycles. The van der Waals surface area contributed by atoms with Crippen LogP contribution in [0.5, 0.6) is 0 Å². The number of nitrogen functional groups attached to an aromatic ring is 1. The highest BCUT2D eigenvalue weighted by molar-refractivity contribution is 7.22. The molecule has 0 unspecified atom stereocenters. The first-order valence-corrected chi connectivity index (χ1v) is 9.28. The molecule has 1 aliphatic rings. The summed E-state index contributed by atoms with van der Waals surface area (Å²) in [6, 6.07) is 6.12. The fourth-order valence-electron chi connectivity index (χ4n) is 3.39. The summed E-state index contributed by atoms with van der Waals surface area (Å²) in [4.78, 5) is 9.22. The van der Waals surface area contributed by atoms with Crippen LogP contribution in [-0.4, -0.2) is 31.5 Å². The number of benzene rings is 1. The Morgan fingerprint density at radius 3 is 2.88 bits per heavy atom. The van der Waals surface area contributed by atoms with Crippen LogP contribution in [-0.2, 0) is 6.54 Å². The highest BCUT2D eigenvalue weighted by Gasteiger charge is 2.23. The number of nitrogens with two attached hydrogens (primary N) is 1. The van der Waals surface area contributed by atoms with Gasteiger partial charge in [-0.1, -0.05) is 24.2 Å². The highest BCUT2D eigenvalue weighted by atomic mass is 32.1. The van der Waals surface area contributed by atoms with Crippen LogP contribution in [0.2, 0.25) is 0 Å². The van der Waals surface area contributed by atoms with Crippen LogP contribution in [0.1, 0.15) is 43.8 Å². The Balaban J connectivity index is 1.75. The number of hydrogen-bond acceptors (Lipinski definition) is 6. The molecule has 0 bridgehead atoms. The molecule has 6 nitrogen and oxygen atoms in total. The Morgan fingerprint density at radius 1 is 1.25 bits per heavy atom. The van der Waals surface area contributed by atoms with Crippen molar-refractivity contribution < 1.29 is 5.11 Å². The van der Waals surface area contributed by atoms with E-state index in [2.05, 4.69) is 11.1 Å². The van der Waals surface area contributed by atoms with Gasteiger partial charge in [-0.3, -0.25) is 0 Å². The van der Waals surface area contributed by atoms with E-state index in [0.29, 0.717) is 24.0 Å². The maximum Gasteiger partial charge on any atom is 0.181 e. The molecule has 1 aliphatic carbocycles. The molecule has 0 atom stereocenters. The average molecular weight is 343 g/mol. The summed E-state index contributed by atoms with van der Waals surface area (Å²) < 4.78 is 3.01. The lowest BCUT2D eigenvalue weighted by molar-refractivity contribution is 0.277. The number of aromatic nitrogens is 4. The number of aliphatic hydroxyl groups excluding tert-OH is 1. The van der Waals surface area contributed by atoms with E-state index in [1.165, 1.54) is 37.0 Å². The maximum atomic E-state index is 9.17. The summed E-state index contributed by atoms with van der Waals surface area (Å²) >= 11 is 1.49. The summed E-state index contributed by atoms with van der Waals surface area (Å²) in [5.74, 6) is 2.27. The van der Waals surface area contributed by atoms with E-state index in [4.69, 9.17) is 20.9 Å². The van der Waals surface area contributed by atoms with Crippen LogP contribution in [0.3, 0.4) is 0 Å². The summed E-state index contributed by atoms with van der Waals surface area (Å²) in [7, 11) is 0. The van der Waals surface area contributed by atoms with Crippen molar-refractivity contribution in [2.24, 2.45) is 0 Å². The minimum Gasteiger partial charge on any atom is -0.396 e. The molecule has 0 spiro atoms. The van der Waals surface area contributed by atoms with Crippen molar-refractivity contribution in [1.29, 1.82) is 0 Å². The third-order valence-corrected chi connectivity index (χ3v) is 5.46. The van der Waals surface area contributed by atoms with E-state index in [1.807, 2.05) is 16.8 Å². The van der Waals surface area contributed by atoms with Crippen LogP contribution in [0.25, 0.3) is 21.6 Å². The zero-order valence-electron chi connectivity index (χ0n) is 13.5. The monoisotopic (exact) mass is 343 g/mol. The number of rotatable bonds is 5. The van der Waals surface area contributed by atoms with Crippen LogP contribution >= 0.6 is 11.3 Å². The van der Waals surface area contributed by atoms with Gasteiger partial charge in [0.25, 0.3) is 0 Å². The second-order valence-corrected chi connectivity index (χ2v) is 7.37. The van der Waals surface area contributed by atoms with E-state index in [1.54, 1.807) is 0 Å². The van der Waals surface area contributed by atoms with Crippen molar-refractivity contribution in [1.82, 2.24) is 19.7 Å². The van der Waals surface area contributed by atoms with Gasteiger partial charge in [0.05, 0.1) is 10.2 Å². The van der Waals surface area contributed by atoms with Crippen molar-refractivity contribution in [2.75, 3.05) is 12.3 Å². The summed E-state index contributed by atoms with van der Waals surface area (Å²) in [6.07, 6.45) is 5.53. The van der Waals surface area contributed by atoms with Gasteiger partial charge in [-0.2, -0.15) is 5.10 Å². The number of thiazole rings is 1. The normalized spacial score (nSPS) is 15.5. The molecule has 3 N–H and O–H groups in total. The van der Waals surface area contributed by atoms with Gasteiger partial charge in [0, 0.05) is 24.6 Å². The first-order valence-electron chi connectivity index (χ1n) is 8.46. The SMILES string of the molecule is Nc1nc2cc(-c3nc(C4CCCC4)nn3CCCO)ccc2s1. The van der Waals surface area contributed by atoms with E-state index in [9.17, 15) is 0 Å². The van der Waals surface area contributed by atoms with Gasteiger partial charge in [0.1, 0.15) is 0 Å². The summed E-state index contributed by atoms with van der Waals surface area (Å²) in [6.45, 7) is 0.822. The number of aliphatic hydroxyl groups is 1. The lowest BCUT2D eigenvalue weighted by Crippen LogP contribution is -2.05. The molecule has 24 heavy (non-hydrogen) atoms. The molecule has 4 rings (SSSR count). The molecule has 7 heteroatoms. The van der Waals surface area contributed by atoms with E-state index >= 15 is 0 Å². The quantitative estimate of drug-likeness (QED) is 0.742. The average Bonchev–Trinajstić information content (AvgIpc) is 3.30. The van der Waals surface area contributed by atoms with Crippen LogP contribution < -0.4 is 5.73 Å². The Morgan fingerprint density at radius 2 is 2.08 bits per heavy atom. The minimum absolute atomic E-state index is 0.152.